The number of ether oxygens (including phenoxy) is 2. The van der Waals surface area contributed by atoms with Crippen molar-refractivity contribution >= 4 is 29.5 Å². The third-order valence-electron chi connectivity index (χ3n) is 2.78. The molecule has 3 amide bonds. The number of nitrogens with one attached hydrogen (secondary N) is 2. The zero-order chi connectivity index (χ0) is 17.2. The van der Waals surface area contributed by atoms with Crippen LogP contribution in [0, 0.1) is 0 Å². The predicted octanol–water partition coefficient (Wildman–Crippen LogP) is 1.89. The van der Waals surface area contributed by atoms with Crippen LogP contribution in [0.15, 0.2) is 24.3 Å². The molecular weight excluding hydrogens is 324 g/mol. The maximum absolute atomic E-state index is 11.4. The van der Waals surface area contributed by atoms with Crippen LogP contribution < -0.4 is 15.4 Å². The monoisotopic (exact) mass is 342 g/mol. The van der Waals surface area contributed by atoms with Crippen LogP contribution in [-0.2, 0) is 14.3 Å². The number of amides is 3. The van der Waals surface area contributed by atoms with Crippen LogP contribution in [0.5, 0.6) is 5.75 Å². The van der Waals surface area contributed by atoms with Crippen molar-refractivity contribution in [2.24, 2.45) is 0 Å². The van der Waals surface area contributed by atoms with E-state index in [-0.39, 0.29) is 12.6 Å². The second kappa shape index (κ2) is 9.68. The molecule has 0 fully saturated rings. The standard InChI is InChI=1S/C15H19ClN2O5/c1-3-10(2)17-15(21)18-13(19)8-23-14(20)9-22-12-6-4-11(16)5-7-12/h4-7,10H,3,8-9H2,1-2H3,(H2,17,18,19,21)/t10-/m1/s1. The molecule has 0 aliphatic heterocycles. The number of rotatable bonds is 7. The van der Waals surface area contributed by atoms with E-state index in [1.807, 2.05) is 6.92 Å². The fourth-order valence-electron chi connectivity index (χ4n) is 1.39. The highest BCUT2D eigenvalue weighted by Crippen LogP contribution is 2.15. The van der Waals surface area contributed by atoms with Crippen molar-refractivity contribution in [2.75, 3.05) is 13.2 Å². The Morgan fingerprint density at radius 3 is 2.43 bits per heavy atom. The number of benzene rings is 1. The van der Waals surface area contributed by atoms with E-state index in [0.29, 0.717) is 10.8 Å². The molecule has 0 spiro atoms. The first-order valence-electron chi connectivity index (χ1n) is 7.05. The van der Waals surface area contributed by atoms with E-state index in [4.69, 9.17) is 21.1 Å². The molecule has 0 saturated heterocycles. The van der Waals surface area contributed by atoms with Crippen molar-refractivity contribution in [2.45, 2.75) is 26.3 Å². The van der Waals surface area contributed by atoms with Gasteiger partial charge in [-0.2, -0.15) is 0 Å². The van der Waals surface area contributed by atoms with E-state index in [1.54, 1.807) is 31.2 Å². The molecule has 1 atom stereocenters. The Morgan fingerprint density at radius 2 is 1.83 bits per heavy atom. The van der Waals surface area contributed by atoms with Gasteiger partial charge in [-0.15, -0.1) is 0 Å². The summed E-state index contributed by atoms with van der Waals surface area (Å²) in [4.78, 5) is 34.3. The summed E-state index contributed by atoms with van der Waals surface area (Å²) in [5.41, 5.74) is 0. The molecular formula is C15H19ClN2O5. The maximum atomic E-state index is 11.4. The Kier molecular flexibility index (Phi) is 7.90. The molecule has 0 aliphatic carbocycles. The molecule has 0 aromatic heterocycles. The lowest BCUT2D eigenvalue weighted by Gasteiger charge is -2.12. The zero-order valence-corrected chi connectivity index (χ0v) is 13.7. The lowest BCUT2D eigenvalue weighted by molar-refractivity contribution is -0.150. The van der Waals surface area contributed by atoms with Crippen molar-refractivity contribution in [3.05, 3.63) is 29.3 Å². The minimum atomic E-state index is -0.725. The van der Waals surface area contributed by atoms with E-state index in [0.717, 1.165) is 6.42 Å². The van der Waals surface area contributed by atoms with Gasteiger partial charge >= 0.3 is 12.0 Å². The first kappa shape index (κ1) is 18.8. The van der Waals surface area contributed by atoms with Gasteiger partial charge in [0.1, 0.15) is 5.75 Å². The van der Waals surface area contributed by atoms with Gasteiger partial charge in [0.2, 0.25) is 0 Å². The molecule has 23 heavy (non-hydrogen) atoms. The number of esters is 1. The smallest absolute Gasteiger partial charge is 0.344 e. The maximum Gasteiger partial charge on any atom is 0.344 e. The van der Waals surface area contributed by atoms with Crippen LogP contribution in [0.3, 0.4) is 0 Å². The summed E-state index contributed by atoms with van der Waals surface area (Å²) in [7, 11) is 0. The van der Waals surface area contributed by atoms with E-state index in [1.165, 1.54) is 0 Å². The van der Waals surface area contributed by atoms with Crippen molar-refractivity contribution in [3.63, 3.8) is 0 Å². The second-order valence-electron chi connectivity index (χ2n) is 4.73. The molecule has 0 heterocycles. The van der Waals surface area contributed by atoms with Gasteiger partial charge in [-0.05, 0) is 37.6 Å². The Labute approximate surface area is 139 Å². The van der Waals surface area contributed by atoms with Crippen LogP contribution in [0.1, 0.15) is 20.3 Å². The summed E-state index contributed by atoms with van der Waals surface area (Å²) < 4.78 is 9.86. The molecule has 1 aromatic rings. The summed E-state index contributed by atoms with van der Waals surface area (Å²) in [5, 5.41) is 5.16. The minimum absolute atomic E-state index is 0.0573. The summed E-state index contributed by atoms with van der Waals surface area (Å²) in [6, 6.07) is 5.75. The lowest BCUT2D eigenvalue weighted by Crippen LogP contribution is -2.44. The number of imide groups is 1. The minimum Gasteiger partial charge on any atom is -0.482 e. The molecule has 126 valence electrons. The molecule has 0 saturated carbocycles. The van der Waals surface area contributed by atoms with Gasteiger partial charge in [0, 0.05) is 11.1 Å². The molecule has 1 rings (SSSR count). The highest BCUT2D eigenvalue weighted by atomic mass is 35.5. The van der Waals surface area contributed by atoms with E-state index >= 15 is 0 Å². The third kappa shape index (κ3) is 8.06. The van der Waals surface area contributed by atoms with Crippen LogP contribution in [0.2, 0.25) is 5.02 Å². The first-order chi connectivity index (χ1) is 10.9. The normalized spacial score (nSPS) is 11.3. The highest BCUT2D eigenvalue weighted by Gasteiger charge is 2.12. The first-order valence-corrected chi connectivity index (χ1v) is 7.42. The SMILES string of the molecule is CC[C@@H](C)NC(=O)NC(=O)COC(=O)COc1ccc(Cl)cc1. The van der Waals surface area contributed by atoms with Gasteiger partial charge in [0.25, 0.3) is 5.91 Å². The number of hydrogen-bond donors (Lipinski definition) is 2. The van der Waals surface area contributed by atoms with Gasteiger partial charge < -0.3 is 14.8 Å². The fraction of sp³-hybridized carbons (Fsp3) is 0.400. The van der Waals surface area contributed by atoms with Crippen molar-refractivity contribution in [3.8, 4) is 5.75 Å². The van der Waals surface area contributed by atoms with Crippen LogP contribution >= 0.6 is 11.6 Å². The van der Waals surface area contributed by atoms with Crippen LogP contribution in [0.4, 0.5) is 4.79 Å². The van der Waals surface area contributed by atoms with Crippen LogP contribution in [0.25, 0.3) is 0 Å². The van der Waals surface area contributed by atoms with E-state index < -0.39 is 24.5 Å². The Morgan fingerprint density at radius 1 is 1.17 bits per heavy atom. The zero-order valence-electron chi connectivity index (χ0n) is 12.9. The summed E-state index contributed by atoms with van der Waals surface area (Å²) >= 11 is 5.72. The van der Waals surface area contributed by atoms with Gasteiger partial charge in [-0.1, -0.05) is 18.5 Å². The molecule has 0 bridgehead atoms. The van der Waals surface area contributed by atoms with Gasteiger partial charge in [-0.25, -0.2) is 9.59 Å². The Hall–Kier alpha value is -2.28. The Balaban J connectivity index is 2.23. The highest BCUT2D eigenvalue weighted by molar-refractivity contribution is 6.30. The fourth-order valence-corrected chi connectivity index (χ4v) is 1.51. The number of carbonyl (C=O) groups excluding carboxylic acids is 3. The average Bonchev–Trinajstić information content (AvgIpc) is 2.52. The summed E-state index contributed by atoms with van der Waals surface area (Å²) in [6.45, 7) is 2.79. The summed E-state index contributed by atoms with van der Waals surface area (Å²) in [6.07, 6.45) is 0.735. The molecule has 0 radical (unpaired) electrons. The Bertz CT molecular complexity index is 547. The van der Waals surface area contributed by atoms with Crippen molar-refractivity contribution < 1.29 is 23.9 Å². The summed E-state index contributed by atoms with van der Waals surface area (Å²) in [5.74, 6) is -0.994. The van der Waals surface area contributed by atoms with E-state index in [9.17, 15) is 14.4 Å². The number of urea groups is 1. The van der Waals surface area contributed by atoms with Gasteiger partial charge in [0.15, 0.2) is 13.2 Å². The number of carbonyl (C=O) groups is 3. The molecule has 7 nitrogen and oxygen atoms in total. The molecule has 2 N–H and O–H groups in total. The molecule has 0 aliphatic rings. The largest absolute Gasteiger partial charge is 0.482 e. The number of halogens is 1. The van der Waals surface area contributed by atoms with Gasteiger partial charge in [-0.3, -0.25) is 10.1 Å². The molecule has 0 unspecified atom stereocenters. The van der Waals surface area contributed by atoms with E-state index in [2.05, 4.69) is 10.6 Å². The topological polar surface area (TPSA) is 93.7 Å². The van der Waals surface area contributed by atoms with Crippen molar-refractivity contribution in [1.82, 2.24) is 10.6 Å². The molecule has 8 heteroatoms. The predicted molar refractivity (Wildman–Crippen MR) is 84.3 cm³/mol. The van der Waals surface area contributed by atoms with Gasteiger partial charge in [0.05, 0.1) is 0 Å². The van der Waals surface area contributed by atoms with Crippen molar-refractivity contribution in [1.29, 1.82) is 0 Å². The number of hydrogen-bond acceptors (Lipinski definition) is 5. The second-order valence-corrected chi connectivity index (χ2v) is 5.17. The molecule has 1 aromatic carbocycles. The van der Waals surface area contributed by atoms with Crippen LogP contribution in [-0.4, -0.2) is 37.2 Å². The average molecular weight is 343 g/mol. The quantitative estimate of drug-likeness (QED) is 0.738. The lowest BCUT2D eigenvalue weighted by atomic mass is 10.3. The third-order valence-corrected chi connectivity index (χ3v) is 3.03.